The second-order valence-electron chi connectivity index (χ2n) is 5.46. The first-order chi connectivity index (χ1) is 8.72. The van der Waals surface area contributed by atoms with Crippen LogP contribution in [-0.2, 0) is 14.3 Å². The Bertz CT molecular complexity index is 304. The first-order valence-corrected chi connectivity index (χ1v) is 7.09. The van der Waals surface area contributed by atoms with E-state index in [4.69, 9.17) is 4.74 Å². The summed E-state index contributed by atoms with van der Waals surface area (Å²) in [5.74, 6) is 0.0355. The average molecular weight is 253 g/mol. The second-order valence-corrected chi connectivity index (χ2v) is 5.46. The van der Waals surface area contributed by atoms with Gasteiger partial charge in [-0.05, 0) is 25.7 Å². The van der Waals surface area contributed by atoms with Crippen molar-refractivity contribution in [3.63, 3.8) is 0 Å². The maximum absolute atomic E-state index is 12.5. The molecule has 2 aliphatic rings. The molecule has 2 saturated carbocycles. The topological polar surface area (TPSA) is 46.6 Å². The van der Waals surface area contributed by atoms with Gasteiger partial charge >= 0.3 is 5.97 Å². The van der Waals surface area contributed by atoms with Crippen molar-refractivity contribution in [2.24, 2.45) is 5.92 Å². The number of rotatable bonds is 4. The molecule has 0 aromatic heterocycles. The van der Waals surface area contributed by atoms with Gasteiger partial charge in [0.1, 0.15) is 6.54 Å². The molecule has 0 radical (unpaired) electrons. The van der Waals surface area contributed by atoms with Gasteiger partial charge in [-0.2, -0.15) is 0 Å². The van der Waals surface area contributed by atoms with Crippen molar-refractivity contribution >= 4 is 11.9 Å². The number of esters is 1. The molecule has 0 saturated heterocycles. The van der Waals surface area contributed by atoms with Crippen LogP contribution in [0.5, 0.6) is 0 Å². The monoisotopic (exact) mass is 253 g/mol. The van der Waals surface area contributed by atoms with E-state index >= 15 is 0 Å². The van der Waals surface area contributed by atoms with Crippen LogP contribution in [0.3, 0.4) is 0 Å². The fraction of sp³-hybridized carbons (Fsp3) is 0.857. The number of hydrogen-bond acceptors (Lipinski definition) is 3. The van der Waals surface area contributed by atoms with Gasteiger partial charge in [-0.1, -0.05) is 25.7 Å². The molecule has 1 amide bonds. The van der Waals surface area contributed by atoms with Crippen LogP contribution in [0, 0.1) is 5.92 Å². The van der Waals surface area contributed by atoms with E-state index in [0.717, 1.165) is 38.5 Å². The maximum atomic E-state index is 12.5. The molecule has 4 nitrogen and oxygen atoms in total. The number of carbonyl (C=O) groups is 2. The zero-order chi connectivity index (χ0) is 13.0. The molecule has 0 N–H and O–H groups in total. The third-order valence-electron chi connectivity index (χ3n) is 4.28. The minimum Gasteiger partial charge on any atom is -0.468 e. The molecule has 0 unspecified atom stereocenters. The first-order valence-electron chi connectivity index (χ1n) is 7.09. The summed E-state index contributed by atoms with van der Waals surface area (Å²) < 4.78 is 4.72. The van der Waals surface area contributed by atoms with E-state index in [9.17, 15) is 9.59 Å². The molecule has 2 aliphatic carbocycles. The zero-order valence-corrected chi connectivity index (χ0v) is 11.2. The molecule has 0 heterocycles. The summed E-state index contributed by atoms with van der Waals surface area (Å²) in [5.41, 5.74) is 0. The van der Waals surface area contributed by atoms with Gasteiger partial charge in [0.2, 0.25) is 5.91 Å². The Morgan fingerprint density at radius 3 is 2.17 bits per heavy atom. The molecule has 0 atom stereocenters. The Morgan fingerprint density at radius 1 is 1.06 bits per heavy atom. The Kier molecular flexibility index (Phi) is 4.61. The second kappa shape index (κ2) is 6.21. The van der Waals surface area contributed by atoms with Gasteiger partial charge in [-0.15, -0.1) is 0 Å². The highest BCUT2D eigenvalue weighted by molar-refractivity contribution is 5.84. The predicted octanol–water partition coefficient (Wildman–Crippen LogP) is 2.12. The molecule has 102 valence electrons. The number of ether oxygens (including phenoxy) is 1. The summed E-state index contributed by atoms with van der Waals surface area (Å²) in [6.07, 6.45) is 8.68. The van der Waals surface area contributed by atoms with E-state index in [-0.39, 0.29) is 30.4 Å². The van der Waals surface area contributed by atoms with E-state index in [1.807, 2.05) is 0 Å². The van der Waals surface area contributed by atoms with Crippen molar-refractivity contribution in [1.82, 2.24) is 4.90 Å². The summed E-state index contributed by atoms with van der Waals surface area (Å²) in [6.45, 7) is 0.135. The molecule has 0 aliphatic heterocycles. The van der Waals surface area contributed by atoms with Crippen LogP contribution >= 0.6 is 0 Å². The minimum atomic E-state index is -0.298. The maximum Gasteiger partial charge on any atom is 0.325 e. The normalized spacial score (nSPS) is 21.2. The molecule has 2 fully saturated rings. The van der Waals surface area contributed by atoms with Crippen LogP contribution in [-0.4, -0.2) is 36.5 Å². The molecule has 4 heteroatoms. The summed E-state index contributed by atoms with van der Waals surface area (Å²) in [7, 11) is 1.38. The number of nitrogens with zero attached hydrogens (tertiary/aromatic N) is 1. The number of methoxy groups -OCH3 is 1. The number of carbonyl (C=O) groups excluding carboxylic acids is 2. The molecular formula is C14H23NO3. The molecule has 0 aromatic rings. The van der Waals surface area contributed by atoms with E-state index in [1.165, 1.54) is 20.0 Å². The largest absolute Gasteiger partial charge is 0.468 e. The SMILES string of the molecule is COC(=O)CN(C(=O)C1CCCC1)C1CCCC1. The Labute approximate surface area is 109 Å². The van der Waals surface area contributed by atoms with Gasteiger partial charge in [0, 0.05) is 12.0 Å². The lowest BCUT2D eigenvalue weighted by molar-refractivity contribution is -0.150. The van der Waals surface area contributed by atoms with Gasteiger partial charge in [0.15, 0.2) is 0 Å². The summed E-state index contributed by atoms with van der Waals surface area (Å²) in [5, 5.41) is 0. The molecular weight excluding hydrogens is 230 g/mol. The predicted molar refractivity (Wildman–Crippen MR) is 67.9 cm³/mol. The third-order valence-corrected chi connectivity index (χ3v) is 4.28. The van der Waals surface area contributed by atoms with Crippen LogP contribution in [0.4, 0.5) is 0 Å². The molecule has 0 aromatic carbocycles. The lowest BCUT2D eigenvalue weighted by atomic mass is 10.0. The lowest BCUT2D eigenvalue weighted by Gasteiger charge is -2.30. The Balaban J connectivity index is 2.02. The van der Waals surface area contributed by atoms with E-state index in [1.54, 1.807) is 4.90 Å². The highest BCUT2D eigenvalue weighted by Gasteiger charge is 2.33. The smallest absolute Gasteiger partial charge is 0.325 e. The molecule has 2 rings (SSSR count). The zero-order valence-electron chi connectivity index (χ0n) is 11.2. The Hall–Kier alpha value is -1.06. The van der Waals surface area contributed by atoms with E-state index in [2.05, 4.69) is 0 Å². The highest BCUT2D eigenvalue weighted by atomic mass is 16.5. The standard InChI is InChI=1S/C14H23NO3/c1-18-13(16)10-15(12-8-4-5-9-12)14(17)11-6-2-3-7-11/h11-12H,2-10H2,1H3. The van der Waals surface area contributed by atoms with Crippen molar-refractivity contribution in [3.05, 3.63) is 0 Å². The van der Waals surface area contributed by atoms with Gasteiger partial charge < -0.3 is 9.64 Å². The van der Waals surface area contributed by atoms with Gasteiger partial charge in [0.05, 0.1) is 7.11 Å². The summed E-state index contributed by atoms with van der Waals surface area (Å²) in [6, 6.07) is 0.261. The van der Waals surface area contributed by atoms with Crippen molar-refractivity contribution < 1.29 is 14.3 Å². The van der Waals surface area contributed by atoms with Crippen molar-refractivity contribution in [2.75, 3.05) is 13.7 Å². The first kappa shape index (κ1) is 13.4. The lowest BCUT2D eigenvalue weighted by Crippen LogP contribution is -2.45. The fourth-order valence-corrected chi connectivity index (χ4v) is 3.21. The fourth-order valence-electron chi connectivity index (χ4n) is 3.21. The Morgan fingerprint density at radius 2 is 1.61 bits per heavy atom. The van der Waals surface area contributed by atoms with Crippen molar-refractivity contribution in [2.45, 2.75) is 57.4 Å². The third kappa shape index (κ3) is 3.03. The van der Waals surface area contributed by atoms with Gasteiger partial charge in [0.25, 0.3) is 0 Å². The van der Waals surface area contributed by atoms with Crippen molar-refractivity contribution in [1.29, 1.82) is 0 Å². The van der Waals surface area contributed by atoms with Crippen LogP contribution in [0.15, 0.2) is 0 Å². The average Bonchev–Trinajstić information content (AvgIpc) is 3.06. The van der Waals surface area contributed by atoms with Crippen LogP contribution in [0.25, 0.3) is 0 Å². The molecule has 18 heavy (non-hydrogen) atoms. The van der Waals surface area contributed by atoms with Gasteiger partial charge in [-0.3, -0.25) is 9.59 Å². The van der Waals surface area contributed by atoms with Crippen LogP contribution < -0.4 is 0 Å². The number of hydrogen-bond donors (Lipinski definition) is 0. The number of amides is 1. The molecule has 0 bridgehead atoms. The minimum absolute atomic E-state index is 0.135. The summed E-state index contributed by atoms with van der Waals surface area (Å²) in [4.78, 5) is 25.8. The van der Waals surface area contributed by atoms with E-state index < -0.39 is 0 Å². The van der Waals surface area contributed by atoms with Gasteiger partial charge in [-0.25, -0.2) is 0 Å². The summed E-state index contributed by atoms with van der Waals surface area (Å²) >= 11 is 0. The molecule has 0 spiro atoms. The highest BCUT2D eigenvalue weighted by Crippen LogP contribution is 2.30. The van der Waals surface area contributed by atoms with Crippen LogP contribution in [0.2, 0.25) is 0 Å². The quantitative estimate of drug-likeness (QED) is 0.721. The van der Waals surface area contributed by atoms with Crippen molar-refractivity contribution in [3.8, 4) is 0 Å². The van der Waals surface area contributed by atoms with E-state index in [0.29, 0.717) is 0 Å². The van der Waals surface area contributed by atoms with Crippen LogP contribution in [0.1, 0.15) is 51.4 Å².